The lowest BCUT2D eigenvalue weighted by atomic mass is 10.1. The molecule has 0 bridgehead atoms. The summed E-state index contributed by atoms with van der Waals surface area (Å²) in [6.45, 7) is 8.26. The lowest BCUT2D eigenvalue weighted by Crippen LogP contribution is -2.26. The smallest absolute Gasteiger partial charge is 0.261 e. The van der Waals surface area contributed by atoms with E-state index in [9.17, 15) is 13.2 Å². The van der Waals surface area contributed by atoms with Crippen LogP contribution in [0.5, 0.6) is 5.75 Å². The number of nitrogens with zero attached hydrogens (tertiary/aromatic N) is 1. The second-order valence-corrected chi connectivity index (χ2v) is 9.46. The van der Waals surface area contributed by atoms with Gasteiger partial charge >= 0.3 is 0 Å². The van der Waals surface area contributed by atoms with Crippen molar-refractivity contribution in [1.82, 2.24) is 4.90 Å². The number of hydrogen-bond acceptors (Lipinski definition) is 4. The number of benzene rings is 3. The van der Waals surface area contributed by atoms with Crippen LogP contribution in [0.25, 0.3) is 0 Å². The maximum absolute atomic E-state index is 12.8. The number of carbonyl (C=O) groups is 1. The molecule has 0 aromatic heterocycles. The summed E-state index contributed by atoms with van der Waals surface area (Å²) in [5.41, 5.74) is 3.77. The van der Waals surface area contributed by atoms with Gasteiger partial charge in [-0.05, 0) is 73.0 Å². The third kappa shape index (κ3) is 6.02. The second kappa shape index (κ2) is 10.4. The van der Waals surface area contributed by atoms with Gasteiger partial charge < -0.3 is 9.64 Å². The molecule has 3 aromatic rings. The number of sulfonamides is 1. The molecule has 0 atom stereocenters. The topological polar surface area (TPSA) is 75.7 Å². The number of nitrogens with one attached hydrogen (secondary N) is 1. The van der Waals surface area contributed by atoms with Crippen LogP contribution in [0.2, 0.25) is 0 Å². The van der Waals surface area contributed by atoms with Gasteiger partial charge in [0, 0.05) is 19.2 Å². The molecule has 0 saturated carbocycles. The van der Waals surface area contributed by atoms with Crippen molar-refractivity contribution in [1.29, 1.82) is 0 Å². The molecule has 0 aliphatic rings. The Morgan fingerprint density at radius 2 is 1.70 bits per heavy atom. The van der Waals surface area contributed by atoms with Gasteiger partial charge in [-0.1, -0.05) is 36.9 Å². The molecule has 0 fully saturated rings. The number of carbonyl (C=O) groups excluding carboxylic acids is 1. The number of amides is 1. The highest BCUT2D eigenvalue weighted by Crippen LogP contribution is 2.22. The first-order chi connectivity index (χ1) is 15.7. The third-order valence-corrected chi connectivity index (χ3v) is 6.70. The Hall–Kier alpha value is -3.58. The van der Waals surface area contributed by atoms with E-state index < -0.39 is 10.0 Å². The Morgan fingerprint density at radius 3 is 2.33 bits per heavy atom. The second-order valence-electron chi connectivity index (χ2n) is 7.78. The van der Waals surface area contributed by atoms with Crippen molar-refractivity contribution >= 4 is 21.6 Å². The molecule has 1 N–H and O–H groups in total. The minimum atomic E-state index is -3.77. The Labute approximate surface area is 195 Å². The quantitative estimate of drug-likeness (QED) is 0.455. The molecule has 172 valence electrons. The predicted molar refractivity (Wildman–Crippen MR) is 131 cm³/mol. The first kappa shape index (κ1) is 24.1. The predicted octanol–water partition coefficient (Wildman–Crippen LogP) is 4.94. The van der Waals surface area contributed by atoms with Crippen LogP contribution in [0.4, 0.5) is 5.69 Å². The standard InChI is InChI=1S/C26H28N2O4S/c1-5-17-32-23-13-9-21(10-14-23)18-28(4)26(29)22-11-15-24(16-12-22)33(30,31)27-25-8-6-7-19(2)20(25)3/h5-16,27H,1,17-18H2,2-4H3. The lowest BCUT2D eigenvalue weighted by molar-refractivity contribution is 0.0785. The molecule has 1 amide bonds. The van der Waals surface area contributed by atoms with Crippen molar-refractivity contribution in [2.24, 2.45) is 0 Å². The normalized spacial score (nSPS) is 11.0. The molecule has 33 heavy (non-hydrogen) atoms. The Balaban J connectivity index is 1.67. The van der Waals surface area contributed by atoms with E-state index in [2.05, 4.69) is 11.3 Å². The summed E-state index contributed by atoms with van der Waals surface area (Å²) in [5, 5.41) is 0. The van der Waals surface area contributed by atoms with E-state index in [1.54, 1.807) is 30.2 Å². The highest BCUT2D eigenvalue weighted by molar-refractivity contribution is 7.92. The monoisotopic (exact) mass is 464 g/mol. The van der Waals surface area contributed by atoms with Crippen LogP contribution in [0, 0.1) is 13.8 Å². The largest absolute Gasteiger partial charge is 0.490 e. The van der Waals surface area contributed by atoms with Gasteiger partial charge in [0.25, 0.3) is 15.9 Å². The molecule has 0 heterocycles. The molecular formula is C26H28N2O4S. The van der Waals surface area contributed by atoms with E-state index in [0.717, 1.165) is 22.4 Å². The zero-order chi connectivity index (χ0) is 24.0. The van der Waals surface area contributed by atoms with Gasteiger partial charge in [0.15, 0.2) is 0 Å². The zero-order valence-corrected chi connectivity index (χ0v) is 19.9. The van der Waals surface area contributed by atoms with Gasteiger partial charge in [0.1, 0.15) is 12.4 Å². The van der Waals surface area contributed by atoms with Gasteiger partial charge in [-0.3, -0.25) is 9.52 Å². The van der Waals surface area contributed by atoms with E-state index in [1.807, 2.05) is 44.2 Å². The van der Waals surface area contributed by atoms with Crippen molar-refractivity contribution in [3.63, 3.8) is 0 Å². The molecule has 0 spiro atoms. The van der Waals surface area contributed by atoms with Crippen molar-refractivity contribution < 1.29 is 17.9 Å². The molecular weight excluding hydrogens is 436 g/mol. The number of ether oxygens (including phenoxy) is 1. The summed E-state index contributed by atoms with van der Waals surface area (Å²) in [5.74, 6) is 0.535. The van der Waals surface area contributed by atoms with Crippen LogP contribution < -0.4 is 9.46 Å². The average Bonchev–Trinajstić information content (AvgIpc) is 2.81. The number of hydrogen-bond donors (Lipinski definition) is 1. The molecule has 0 unspecified atom stereocenters. The van der Waals surface area contributed by atoms with Crippen molar-refractivity contribution in [2.45, 2.75) is 25.3 Å². The van der Waals surface area contributed by atoms with Crippen LogP contribution in [-0.2, 0) is 16.6 Å². The average molecular weight is 465 g/mol. The fraction of sp³-hybridized carbons (Fsp3) is 0.192. The summed E-state index contributed by atoms with van der Waals surface area (Å²) in [4.78, 5) is 14.5. The molecule has 6 nitrogen and oxygen atoms in total. The summed E-state index contributed by atoms with van der Waals surface area (Å²) in [7, 11) is -2.06. The van der Waals surface area contributed by atoms with Gasteiger partial charge in [0.2, 0.25) is 0 Å². The Kier molecular flexibility index (Phi) is 7.55. The number of anilines is 1. The van der Waals surface area contributed by atoms with Gasteiger partial charge in [-0.25, -0.2) is 8.42 Å². The van der Waals surface area contributed by atoms with Crippen LogP contribution in [0.3, 0.4) is 0 Å². The van der Waals surface area contributed by atoms with Crippen LogP contribution in [-0.4, -0.2) is 32.9 Å². The maximum Gasteiger partial charge on any atom is 0.261 e. The van der Waals surface area contributed by atoms with E-state index in [1.165, 1.54) is 24.3 Å². The summed E-state index contributed by atoms with van der Waals surface area (Å²) in [6.07, 6.45) is 1.68. The number of rotatable bonds is 9. The van der Waals surface area contributed by atoms with Gasteiger partial charge in [-0.2, -0.15) is 0 Å². The van der Waals surface area contributed by atoms with Crippen LogP contribution >= 0.6 is 0 Å². The van der Waals surface area contributed by atoms with Crippen LogP contribution in [0.1, 0.15) is 27.0 Å². The lowest BCUT2D eigenvalue weighted by Gasteiger charge is -2.18. The minimum absolute atomic E-state index is 0.0951. The fourth-order valence-electron chi connectivity index (χ4n) is 3.25. The molecule has 0 saturated heterocycles. The maximum atomic E-state index is 12.8. The van der Waals surface area contributed by atoms with E-state index in [4.69, 9.17) is 4.74 Å². The molecule has 0 radical (unpaired) electrons. The highest BCUT2D eigenvalue weighted by atomic mass is 32.2. The molecule has 3 rings (SSSR count). The molecule has 0 aliphatic carbocycles. The zero-order valence-electron chi connectivity index (χ0n) is 19.0. The third-order valence-electron chi connectivity index (χ3n) is 5.32. The summed E-state index contributed by atoms with van der Waals surface area (Å²) >= 11 is 0. The van der Waals surface area contributed by atoms with Crippen molar-refractivity contribution in [3.8, 4) is 5.75 Å². The first-order valence-corrected chi connectivity index (χ1v) is 12.0. The van der Waals surface area contributed by atoms with E-state index in [-0.39, 0.29) is 10.8 Å². The SMILES string of the molecule is C=CCOc1ccc(CN(C)C(=O)c2ccc(S(=O)(=O)Nc3cccc(C)c3C)cc2)cc1. The van der Waals surface area contributed by atoms with Crippen molar-refractivity contribution in [3.05, 3.63) is 102 Å². The molecule has 0 aliphatic heterocycles. The first-order valence-electron chi connectivity index (χ1n) is 10.5. The number of aryl methyl sites for hydroxylation is 1. The highest BCUT2D eigenvalue weighted by Gasteiger charge is 2.18. The molecule has 7 heteroatoms. The van der Waals surface area contributed by atoms with E-state index in [0.29, 0.717) is 24.4 Å². The fourth-order valence-corrected chi connectivity index (χ4v) is 4.38. The van der Waals surface area contributed by atoms with E-state index >= 15 is 0 Å². The minimum Gasteiger partial charge on any atom is -0.490 e. The van der Waals surface area contributed by atoms with Gasteiger partial charge in [0.05, 0.1) is 10.6 Å². The Bertz CT molecular complexity index is 1230. The van der Waals surface area contributed by atoms with Crippen LogP contribution in [0.15, 0.2) is 84.3 Å². The van der Waals surface area contributed by atoms with Crippen molar-refractivity contribution in [2.75, 3.05) is 18.4 Å². The summed E-state index contributed by atoms with van der Waals surface area (Å²) < 4.78 is 33.7. The molecule has 3 aromatic carbocycles. The summed E-state index contributed by atoms with van der Waals surface area (Å²) in [6, 6.07) is 18.9. The Morgan fingerprint density at radius 1 is 1.03 bits per heavy atom. The van der Waals surface area contributed by atoms with Gasteiger partial charge in [-0.15, -0.1) is 0 Å².